The number of carbonyl (C=O) groups is 2. The SMILES string of the molecule is CC(=O)O[C@@H](C(=O)N1CCN(c2nccc(-c3cccc(C(F)(F)F)c3)n2)CC1)c1ccccc1. The minimum absolute atomic E-state index is 0.315. The van der Waals surface area contributed by atoms with E-state index in [9.17, 15) is 22.8 Å². The lowest BCUT2D eigenvalue weighted by Crippen LogP contribution is -2.50. The Morgan fingerprint density at radius 1 is 0.971 bits per heavy atom. The summed E-state index contributed by atoms with van der Waals surface area (Å²) >= 11 is 0. The first-order valence-corrected chi connectivity index (χ1v) is 11.0. The van der Waals surface area contributed by atoms with E-state index in [0.29, 0.717) is 48.9 Å². The molecular formula is C25H23F3N4O3. The number of esters is 1. The van der Waals surface area contributed by atoms with Gasteiger partial charge in [-0.1, -0.05) is 42.5 Å². The molecule has 1 aliphatic rings. The molecule has 1 fully saturated rings. The third-order valence-corrected chi connectivity index (χ3v) is 5.61. The van der Waals surface area contributed by atoms with Gasteiger partial charge in [-0.25, -0.2) is 9.97 Å². The number of carbonyl (C=O) groups excluding carboxylic acids is 2. The quantitative estimate of drug-likeness (QED) is 0.508. The molecule has 1 atom stereocenters. The molecule has 1 aliphatic heterocycles. The van der Waals surface area contributed by atoms with Crippen LogP contribution in [0.1, 0.15) is 24.2 Å². The Balaban J connectivity index is 1.46. The van der Waals surface area contributed by atoms with Gasteiger partial charge in [-0.15, -0.1) is 0 Å². The average Bonchev–Trinajstić information content (AvgIpc) is 2.87. The molecule has 1 aromatic heterocycles. The van der Waals surface area contributed by atoms with Crippen molar-refractivity contribution in [2.75, 3.05) is 31.1 Å². The first kappa shape index (κ1) is 24.2. The number of rotatable bonds is 5. The standard InChI is InChI=1S/C25H23F3N4O3/c1-17(33)35-22(18-6-3-2-4-7-18)23(34)31-12-14-32(15-13-31)24-29-11-10-21(30-24)19-8-5-9-20(16-19)25(26,27)28/h2-11,16,22H,12-15H2,1H3/t22-/m1/s1. The number of aromatic nitrogens is 2. The highest BCUT2D eigenvalue weighted by atomic mass is 19.4. The van der Waals surface area contributed by atoms with Gasteiger partial charge >= 0.3 is 12.1 Å². The van der Waals surface area contributed by atoms with E-state index in [-0.39, 0.29) is 5.91 Å². The lowest BCUT2D eigenvalue weighted by atomic mass is 10.1. The van der Waals surface area contributed by atoms with E-state index in [1.807, 2.05) is 11.0 Å². The number of piperazine rings is 1. The van der Waals surface area contributed by atoms with Crippen LogP contribution in [0.5, 0.6) is 0 Å². The molecule has 0 bridgehead atoms. The van der Waals surface area contributed by atoms with Crippen molar-refractivity contribution in [3.63, 3.8) is 0 Å². The summed E-state index contributed by atoms with van der Waals surface area (Å²) in [5.74, 6) is -0.498. The summed E-state index contributed by atoms with van der Waals surface area (Å²) in [5.41, 5.74) is 0.554. The Labute approximate surface area is 200 Å². The number of halogens is 3. The van der Waals surface area contributed by atoms with Crippen LogP contribution < -0.4 is 4.90 Å². The molecule has 7 nitrogen and oxygen atoms in total. The molecule has 0 N–H and O–H groups in total. The first-order chi connectivity index (χ1) is 16.7. The van der Waals surface area contributed by atoms with Gasteiger partial charge in [-0.3, -0.25) is 9.59 Å². The molecule has 182 valence electrons. The van der Waals surface area contributed by atoms with Gasteiger partial charge in [0.05, 0.1) is 11.3 Å². The highest BCUT2D eigenvalue weighted by Gasteiger charge is 2.32. The zero-order valence-electron chi connectivity index (χ0n) is 18.9. The molecule has 2 heterocycles. The molecule has 1 saturated heterocycles. The van der Waals surface area contributed by atoms with Gasteiger partial charge in [0.25, 0.3) is 5.91 Å². The zero-order chi connectivity index (χ0) is 25.0. The van der Waals surface area contributed by atoms with Crippen LogP contribution in [-0.2, 0) is 20.5 Å². The largest absolute Gasteiger partial charge is 0.447 e. The highest BCUT2D eigenvalue weighted by Crippen LogP contribution is 2.32. The normalized spacial score (nSPS) is 15.0. The maximum atomic E-state index is 13.1. The van der Waals surface area contributed by atoms with Gasteiger partial charge in [0.1, 0.15) is 0 Å². The van der Waals surface area contributed by atoms with Crippen LogP contribution in [-0.4, -0.2) is 52.9 Å². The number of alkyl halides is 3. The van der Waals surface area contributed by atoms with Gasteiger partial charge in [0.2, 0.25) is 12.1 Å². The fraction of sp³-hybridized carbons (Fsp3) is 0.280. The molecule has 3 aromatic rings. The zero-order valence-corrected chi connectivity index (χ0v) is 18.9. The number of ether oxygens (including phenoxy) is 1. The van der Waals surface area contributed by atoms with Crippen molar-refractivity contribution in [2.45, 2.75) is 19.2 Å². The third kappa shape index (κ3) is 5.76. The van der Waals surface area contributed by atoms with E-state index in [1.54, 1.807) is 41.3 Å². The monoisotopic (exact) mass is 484 g/mol. The van der Waals surface area contributed by atoms with Crippen molar-refractivity contribution >= 4 is 17.8 Å². The van der Waals surface area contributed by atoms with Crippen LogP contribution in [0.15, 0.2) is 66.9 Å². The molecule has 10 heteroatoms. The lowest BCUT2D eigenvalue weighted by molar-refractivity contribution is -0.159. The Kier molecular flexibility index (Phi) is 6.99. The number of anilines is 1. The highest BCUT2D eigenvalue weighted by molar-refractivity contribution is 5.85. The van der Waals surface area contributed by atoms with Crippen LogP contribution in [0.2, 0.25) is 0 Å². The molecular weight excluding hydrogens is 461 g/mol. The second-order valence-corrected chi connectivity index (χ2v) is 8.03. The average molecular weight is 484 g/mol. The van der Waals surface area contributed by atoms with Crippen molar-refractivity contribution in [1.29, 1.82) is 0 Å². The van der Waals surface area contributed by atoms with Crippen LogP contribution in [0, 0.1) is 0 Å². The topological polar surface area (TPSA) is 75.6 Å². The predicted octanol–water partition coefficient (Wildman–Crippen LogP) is 4.12. The fourth-order valence-corrected chi connectivity index (χ4v) is 3.86. The van der Waals surface area contributed by atoms with E-state index >= 15 is 0 Å². The van der Waals surface area contributed by atoms with Gasteiger partial charge in [-0.05, 0) is 18.2 Å². The summed E-state index contributed by atoms with van der Waals surface area (Å²) in [4.78, 5) is 36.9. The number of amides is 1. The molecule has 0 saturated carbocycles. The third-order valence-electron chi connectivity index (χ3n) is 5.61. The second-order valence-electron chi connectivity index (χ2n) is 8.03. The lowest BCUT2D eigenvalue weighted by Gasteiger charge is -2.36. The number of hydrogen-bond acceptors (Lipinski definition) is 6. The van der Waals surface area contributed by atoms with E-state index in [0.717, 1.165) is 12.1 Å². The molecule has 2 aromatic carbocycles. The van der Waals surface area contributed by atoms with Gasteiger partial charge in [0, 0.05) is 50.4 Å². The van der Waals surface area contributed by atoms with E-state index in [2.05, 4.69) is 9.97 Å². The smallest absolute Gasteiger partial charge is 0.416 e. The second kappa shape index (κ2) is 10.1. The molecule has 1 amide bonds. The Hall–Kier alpha value is -3.95. The number of benzene rings is 2. The van der Waals surface area contributed by atoms with Gasteiger partial charge in [0.15, 0.2) is 0 Å². The molecule has 4 rings (SSSR count). The molecule has 0 radical (unpaired) electrons. The van der Waals surface area contributed by atoms with Crippen LogP contribution in [0.25, 0.3) is 11.3 Å². The van der Waals surface area contributed by atoms with Crippen LogP contribution >= 0.6 is 0 Å². The predicted molar refractivity (Wildman–Crippen MR) is 122 cm³/mol. The molecule has 0 spiro atoms. The fourth-order valence-electron chi connectivity index (χ4n) is 3.86. The summed E-state index contributed by atoms with van der Waals surface area (Å²) in [5, 5.41) is 0. The summed E-state index contributed by atoms with van der Waals surface area (Å²) in [6.45, 7) is 2.79. The van der Waals surface area contributed by atoms with Crippen molar-refractivity contribution < 1.29 is 27.5 Å². The summed E-state index contributed by atoms with van der Waals surface area (Å²) in [7, 11) is 0. The maximum Gasteiger partial charge on any atom is 0.416 e. The van der Waals surface area contributed by atoms with Gasteiger partial charge in [-0.2, -0.15) is 13.2 Å². The minimum Gasteiger partial charge on any atom is -0.447 e. The molecule has 35 heavy (non-hydrogen) atoms. The van der Waals surface area contributed by atoms with E-state index in [1.165, 1.54) is 19.2 Å². The number of hydrogen-bond donors (Lipinski definition) is 0. The van der Waals surface area contributed by atoms with E-state index in [4.69, 9.17) is 4.74 Å². The summed E-state index contributed by atoms with van der Waals surface area (Å²) in [6.07, 6.45) is -3.97. The minimum atomic E-state index is -4.45. The Morgan fingerprint density at radius 3 is 2.34 bits per heavy atom. The van der Waals surface area contributed by atoms with Crippen LogP contribution in [0.4, 0.5) is 19.1 Å². The number of nitrogens with zero attached hydrogens (tertiary/aromatic N) is 4. The van der Waals surface area contributed by atoms with Crippen molar-refractivity contribution in [3.8, 4) is 11.3 Å². The summed E-state index contributed by atoms with van der Waals surface area (Å²) < 4.78 is 44.6. The van der Waals surface area contributed by atoms with Crippen molar-refractivity contribution in [2.24, 2.45) is 0 Å². The van der Waals surface area contributed by atoms with Crippen molar-refractivity contribution in [3.05, 3.63) is 78.0 Å². The Morgan fingerprint density at radius 2 is 1.69 bits per heavy atom. The van der Waals surface area contributed by atoms with Crippen molar-refractivity contribution in [1.82, 2.24) is 14.9 Å². The maximum absolute atomic E-state index is 13.1. The molecule has 0 unspecified atom stereocenters. The summed E-state index contributed by atoms with van der Waals surface area (Å²) in [6, 6.07) is 15.4. The van der Waals surface area contributed by atoms with Gasteiger partial charge < -0.3 is 14.5 Å². The van der Waals surface area contributed by atoms with E-state index < -0.39 is 23.8 Å². The molecule has 0 aliphatic carbocycles. The first-order valence-electron chi connectivity index (χ1n) is 11.0. The Bertz CT molecular complexity index is 1200. The van der Waals surface area contributed by atoms with Crippen LogP contribution in [0.3, 0.4) is 0 Å².